The van der Waals surface area contributed by atoms with E-state index in [0.717, 1.165) is 16.9 Å². The smallest absolute Gasteiger partial charge is 0.397 e. The minimum Gasteiger partial charge on any atom is -0.459 e. The number of aryl methyl sites for hydroxylation is 2. The Morgan fingerprint density at radius 2 is 1.77 bits per heavy atom. The number of ether oxygens (including phenoxy) is 1. The van der Waals surface area contributed by atoms with Crippen molar-refractivity contribution >= 4 is 23.5 Å². The van der Waals surface area contributed by atoms with Crippen LogP contribution in [0.25, 0.3) is 0 Å². The first-order valence-corrected chi connectivity index (χ1v) is 10.2. The number of esters is 1. The number of rotatable bonds is 6. The number of nitrogens with zero attached hydrogens (tertiary/aromatic N) is 3. The first-order valence-electron chi connectivity index (χ1n) is 10.2. The van der Waals surface area contributed by atoms with Gasteiger partial charge in [0.1, 0.15) is 0 Å². The standard InChI is InChI=1S/C23H31N3O4/c1-8-30-23(29)22(28)26(21(27)20-16(5)24-25(7)17(20)6)19-12-10-9-11-18(19)15(4)13-14(2)3/h9-12,14-15H,8,13H2,1-7H3. The summed E-state index contributed by atoms with van der Waals surface area (Å²) in [5.41, 5.74) is 2.65. The highest BCUT2D eigenvalue weighted by atomic mass is 16.5. The number of hydrogen-bond donors (Lipinski definition) is 0. The normalized spacial score (nSPS) is 12.0. The molecular weight excluding hydrogens is 382 g/mol. The van der Waals surface area contributed by atoms with E-state index in [9.17, 15) is 14.4 Å². The maximum Gasteiger partial charge on any atom is 0.397 e. The fraction of sp³-hybridized carbons (Fsp3) is 0.478. The number of benzene rings is 1. The largest absolute Gasteiger partial charge is 0.459 e. The summed E-state index contributed by atoms with van der Waals surface area (Å²) in [7, 11) is 1.73. The Morgan fingerprint density at radius 1 is 1.13 bits per heavy atom. The number of aromatic nitrogens is 2. The average Bonchev–Trinajstić information content (AvgIpc) is 2.93. The number of para-hydroxylation sites is 1. The summed E-state index contributed by atoms with van der Waals surface area (Å²) in [6.45, 7) is 11.4. The Balaban J connectivity index is 2.65. The third-order valence-electron chi connectivity index (χ3n) is 5.11. The van der Waals surface area contributed by atoms with Crippen LogP contribution in [0.2, 0.25) is 0 Å². The van der Waals surface area contributed by atoms with Crippen LogP contribution < -0.4 is 4.90 Å². The predicted molar refractivity (Wildman–Crippen MR) is 115 cm³/mol. The monoisotopic (exact) mass is 413 g/mol. The fourth-order valence-corrected chi connectivity index (χ4v) is 3.73. The van der Waals surface area contributed by atoms with E-state index < -0.39 is 17.8 Å². The molecule has 0 bridgehead atoms. The highest BCUT2D eigenvalue weighted by Crippen LogP contribution is 2.33. The van der Waals surface area contributed by atoms with Crippen molar-refractivity contribution in [1.82, 2.24) is 9.78 Å². The van der Waals surface area contributed by atoms with E-state index in [1.807, 2.05) is 12.1 Å². The molecule has 30 heavy (non-hydrogen) atoms. The molecule has 0 aliphatic carbocycles. The Bertz CT molecular complexity index is 946. The quantitative estimate of drug-likeness (QED) is 0.529. The van der Waals surface area contributed by atoms with E-state index in [-0.39, 0.29) is 12.5 Å². The van der Waals surface area contributed by atoms with Crippen LogP contribution in [-0.4, -0.2) is 34.2 Å². The van der Waals surface area contributed by atoms with Crippen molar-refractivity contribution in [3.63, 3.8) is 0 Å². The lowest BCUT2D eigenvalue weighted by atomic mass is 9.90. The van der Waals surface area contributed by atoms with Crippen LogP contribution in [0.15, 0.2) is 24.3 Å². The molecule has 0 N–H and O–H groups in total. The number of carbonyl (C=O) groups excluding carboxylic acids is 3. The van der Waals surface area contributed by atoms with Crippen molar-refractivity contribution in [2.75, 3.05) is 11.5 Å². The van der Waals surface area contributed by atoms with Crippen molar-refractivity contribution in [3.8, 4) is 0 Å². The molecule has 0 fully saturated rings. The molecule has 0 radical (unpaired) electrons. The van der Waals surface area contributed by atoms with Crippen molar-refractivity contribution in [2.24, 2.45) is 13.0 Å². The molecule has 2 aromatic rings. The van der Waals surface area contributed by atoms with Gasteiger partial charge in [0, 0.05) is 12.7 Å². The molecule has 0 spiro atoms. The second kappa shape index (κ2) is 9.69. The third kappa shape index (κ3) is 4.78. The van der Waals surface area contributed by atoms with Gasteiger partial charge in [-0.05, 0) is 50.7 Å². The second-order valence-corrected chi connectivity index (χ2v) is 7.93. The first kappa shape index (κ1) is 23.3. The van der Waals surface area contributed by atoms with E-state index >= 15 is 0 Å². The van der Waals surface area contributed by atoms with Gasteiger partial charge in [-0.15, -0.1) is 0 Å². The van der Waals surface area contributed by atoms with Crippen LogP contribution >= 0.6 is 0 Å². The molecular formula is C23H31N3O4. The van der Waals surface area contributed by atoms with Crippen LogP contribution in [0.1, 0.15) is 67.3 Å². The van der Waals surface area contributed by atoms with Crippen molar-refractivity contribution < 1.29 is 19.1 Å². The molecule has 1 atom stereocenters. The lowest BCUT2D eigenvalue weighted by Gasteiger charge is -2.26. The van der Waals surface area contributed by atoms with Crippen LogP contribution in [0.5, 0.6) is 0 Å². The summed E-state index contributed by atoms with van der Waals surface area (Å²) in [5, 5.41) is 4.29. The lowest BCUT2D eigenvalue weighted by Crippen LogP contribution is -2.43. The lowest BCUT2D eigenvalue weighted by molar-refractivity contribution is -0.153. The third-order valence-corrected chi connectivity index (χ3v) is 5.11. The van der Waals surface area contributed by atoms with Gasteiger partial charge in [-0.25, -0.2) is 9.69 Å². The van der Waals surface area contributed by atoms with E-state index in [4.69, 9.17) is 4.74 Å². The van der Waals surface area contributed by atoms with Gasteiger partial charge in [-0.1, -0.05) is 39.0 Å². The van der Waals surface area contributed by atoms with Gasteiger partial charge in [-0.2, -0.15) is 5.10 Å². The maximum absolute atomic E-state index is 13.6. The molecule has 1 unspecified atom stereocenters. The SMILES string of the molecule is CCOC(=O)C(=O)N(C(=O)c1c(C)nn(C)c1C)c1ccccc1C(C)CC(C)C. The molecule has 1 aromatic heterocycles. The number of carbonyl (C=O) groups is 3. The van der Waals surface area contributed by atoms with Crippen LogP contribution in [0.4, 0.5) is 5.69 Å². The number of anilines is 1. The summed E-state index contributed by atoms with van der Waals surface area (Å²) in [5.74, 6) is -2.13. The van der Waals surface area contributed by atoms with Gasteiger partial charge in [-0.3, -0.25) is 14.3 Å². The number of hydrogen-bond acceptors (Lipinski definition) is 5. The molecule has 0 aliphatic rings. The van der Waals surface area contributed by atoms with Crippen molar-refractivity contribution in [3.05, 3.63) is 46.8 Å². The highest BCUT2D eigenvalue weighted by molar-refractivity contribution is 6.45. The zero-order valence-corrected chi connectivity index (χ0v) is 18.9. The second-order valence-electron chi connectivity index (χ2n) is 7.93. The minimum absolute atomic E-state index is 0.0446. The summed E-state index contributed by atoms with van der Waals surface area (Å²) in [4.78, 5) is 40.0. The summed E-state index contributed by atoms with van der Waals surface area (Å²) in [6.07, 6.45) is 0.873. The summed E-state index contributed by atoms with van der Waals surface area (Å²) >= 11 is 0. The molecule has 2 amide bonds. The van der Waals surface area contributed by atoms with Gasteiger partial charge < -0.3 is 4.74 Å². The molecule has 0 saturated heterocycles. The minimum atomic E-state index is -1.06. The van der Waals surface area contributed by atoms with Gasteiger partial charge >= 0.3 is 11.9 Å². The zero-order valence-electron chi connectivity index (χ0n) is 18.9. The Morgan fingerprint density at radius 3 is 2.30 bits per heavy atom. The molecule has 2 rings (SSSR count). The van der Waals surface area contributed by atoms with Crippen LogP contribution in [-0.2, 0) is 21.4 Å². The number of imide groups is 1. The Kier molecular flexibility index (Phi) is 7.54. The average molecular weight is 414 g/mol. The van der Waals surface area contributed by atoms with Crippen molar-refractivity contribution in [1.29, 1.82) is 0 Å². The van der Waals surface area contributed by atoms with Crippen LogP contribution in [0.3, 0.4) is 0 Å². The Labute approximate surface area is 178 Å². The molecule has 1 aromatic carbocycles. The van der Waals surface area contributed by atoms with Gasteiger partial charge in [0.05, 0.1) is 23.6 Å². The van der Waals surface area contributed by atoms with E-state index in [0.29, 0.717) is 28.6 Å². The predicted octanol–water partition coefficient (Wildman–Crippen LogP) is 3.92. The molecule has 0 saturated carbocycles. The first-order chi connectivity index (χ1) is 14.1. The molecule has 1 heterocycles. The van der Waals surface area contributed by atoms with E-state index in [1.54, 1.807) is 44.6 Å². The van der Waals surface area contributed by atoms with Gasteiger partial charge in [0.15, 0.2) is 0 Å². The highest BCUT2D eigenvalue weighted by Gasteiger charge is 2.35. The molecule has 7 nitrogen and oxygen atoms in total. The molecule has 7 heteroatoms. The van der Waals surface area contributed by atoms with Gasteiger partial charge in [0.2, 0.25) is 0 Å². The molecule has 162 valence electrons. The number of amides is 2. The van der Waals surface area contributed by atoms with Gasteiger partial charge in [0.25, 0.3) is 5.91 Å². The Hall–Kier alpha value is -2.96. The molecule has 0 aliphatic heterocycles. The topological polar surface area (TPSA) is 81.5 Å². The summed E-state index contributed by atoms with van der Waals surface area (Å²) < 4.78 is 6.51. The van der Waals surface area contributed by atoms with Crippen LogP contribution in [0, 0.1) is 19.8 Å². The van der Waals surface area contributed by atoms with Crippen molar-refractivity contribution in [2.45, 2.75) is 53.9 Å². The fourth-order valence-electron chi connectivity index (χ4n) is 3.73. The maximum atomic E-state index is 13.6. The van der Waals surface area contributed by atoms with E-state index in [2.05, 4.69) is 25.9 Å². The van der Waals surface area contributed by atoms with E-state index in [1.165, 1.54) is 0 Å². The summed E-state index contributed by atoms with van der Waals surface area (Å²) in [6, 6.07) is 7.21. The zero-order chi connectivity index (χ0) is 22.6.